The predicted molar refractivity (Wildman–Crippen MR) is 51.0 cm³/mol. The number of ketones is 1. The predicted octanol–water partition coefficient (Wildman–Crippen LogP) is 3.10. The summed E-state index contributed by atoms with van der Waals surface area (Å²) < 4.78 is 0. The molecule has 0 heterocycles. The van der Waals surface area contributed by atoms with Crippen LogP contribution in [0, 0.1) is 5.92 Å². The summed E-state index contributed by atoms with van der Waals surface area (Å²) in [5.41, 5.74) is 2.43. The third-order valence-electron chi connectivity index (χ3n) is 2.76. The molecule has 1 nitrogen and oxygen atoms in total. The van der Waals surface area contributed by atoms with Crippen molar-refractivity contribution >= 4 is 5.78 Å². The second-order valence-corrected chi connectivity index (χ2v) is 3.95. The Morgan fingerprint density at radius 2 is 1.83 bits per heavy atom. The van der Waals surface area contributed by atoms with E-state index in [2.05, 4.69) is 20.8 Å². The minimum absolute atomic E-state index is 0.396. The van der Waals surface area contributed by atoms with Gasteiger partial charge in [0.15, 0.2) is 5.78 Å². The molecule has 1 heteroatoms. The van der Waals surface area contributed by atoms with Gasteiger partial charge in [0.25, 0.3) is 0 Å². The van der Waals surface area contributed by atoms with Crippen LogP contribution in [-0.4, -0.2) is 5.78 Å². The van der Waals surface area contributed by atoms with Crippen molar-refractivity contribution in [2.45, 2.75) is 46.5 Å². The van der Waals surface area contributed by atoms with Gasteiger partial charge in [-0.2, -0.15) is 0 Å². The molecule has 0 radical (unpaired) electrons. The molecule has 12 heavy (non-hydrogen) atoms. The molecular weight excluding hydrogens is 148 g/mol. The largest absolute Gasteiger partial charge is 0.295 e. The molecule has 0 amide bonds. The molecule has 1 aliphatic rings. The van der Waals surface area contributed by atoms with Crippen LogP contribution in [0.2, 0.25) is 0 Å². The van der Waals surface area contributed by atoms with E-state index in [0.29, 0.717) is 11.7 Å². The van der Waals surface area contributed by atoms with Crippen molar-refractivity contribution in [1.29, 1.82) is 0 Å². The number of rotatable bonds is 1. The Bertz CT molecular complexity index is 211. The lowest BCUT2D eigenvalue weighted by Gasteiger charge is -2.17. The van der Waals surface area contributed by atoms with Gasteiger partial charge in [0.2, 0.25) is 0 Å². The van der Waals surface area contributed by atoms with Gasteiger partial charge in [-0.25, -0.2) is 0 Å². The zero-order chi connectivity index (χ0) is 9.14. The van der Waals surface area contributed by atoms with E-state index in [1.54, 1.807) is 0 Å². The molecule has 0 aromatic carbocycles. The summed E-state index contributed by atoms with van der Waals surface area (Å²) in [4.78, 5) is 11.5. The maximum absolute atomic E-state index is 11.5. The molecular formula is C11H18O. The van der Waals surface area contributed by atoms with Crippen LogP contribution in [-0.2, 0) is 4.79 Å². The molecule has 0 N–H and O–H groups in total. The molecule has 0 bridgehead atoms. The SMILES string of the molecule is C/C(=C1/CCCCC1=O)C(C)C. The quantitative estimate of drug-likeness (QED) is 0.547. The molecule has 0 aromatic heterocycles. The van der Waals surface area contributed by atoms with Crippen LogP contribution < -0.4 is 0 Å². The van der Waals surface area contributed by atoms with Crippen LogP contribution >= 0.6 is 0 Å². The first-order valence-corrected chi connectivity index (χ1v) is 4.85. The molecule has 0 aliphatic heterocycles. The molecule has 68 valence electrons. The zero-order valence-electron chi connectivity index (χ0n) is 8.31. The number of allylic oxidation sites excluding steroid dienone is 2. The highest BCUT2D eigenvalue weighted by Gasteiger charge is 2.17. The van der Waals surface area contributed by atoms with E-state index in [-0.39, 0.29) is 0 Å². The molecule has 0 saturated heterocycles. The van der Waals surface area contributed by atoms with Gasteiger partial charge in [-0.15, -0.1) is 0 Å². The fourth-order valence-electron chi connectivity index (χ4n) is 1.64. The molecule has 1 aliphatic carbocycles. The standard InChI is InChI=1S/C11H18O/c1-8(2)9(3)10-6-4-5-7-11(10)12/h8H,4-7H2,1-3H3/b10-9+. The van der Waals surface area contributed by atoms with E-state index in [1.807, 2.05) is 0 Å². The summed E-state index contributed by atoms with van der Waals surface area (Å²) in [6.45, 7) is 6.41. The van der Waals surface area contributed by atoms with Crippen LogP contribution in [0.4, 0.5) is 0 Å². The molecule has 1 saturated carbocycles. The first-order valence-electron chi connectivity index (χ1n) is 4.85. The van der Waals surface area contributed by atoms with Gasteiger partial charge in [-0.05, 0) is 37.7 Å². The van der Waals surface area contributed by atoms with Crippen molar-refractivity contribution in [3.05, 3.63) is 11.1 Å². The second kappa shape index (κ2) is 3.88. The summed E-state index contributed by atoms with van der Waals surface area (Å²) in [6, 6.07) is 0. The lowest BCUT2D eigenvalue weighted by molar-refractivity contribution is -0.116. The molecule has 0 spiro atoms. The number of hydrogen-bond acceptors (Lipinski definition) is 1. The Labute approximate surface area is 74.9 Å². The average Bonchev–Trinajstić information content (AvgIpc) is 2.04. The highest BCUT2D eigenvalue weighted by molar-refractivity contribution is 5.96. The highest BCUT2D eigenvalue weighted by Crippen LogP contribution is 2.25. The first kappa shape index (κ1) is 9.50. The van der Waals surface area contributed by atoms with Crippen LogP contribution in [0.1, 0.15) is 46.5 Å². The summed E-state index contributed by atoms with van der Waals surface area (Å²) in [5, 5.41) is 0. The van der Waals surface area contributed by atoms with Crippen molar-refractivity contribution in [3.8, 4) is 0 Å². The first-order chi connectivity index (χ1) is 5.63. The maximum Gasteiger partial charge on any atom is 0.158 e. The van der Waals surface area contributed by atoms with E-state index >= 15 is 0 Å². The van der Waals surface area contributed by atoms with Crippen molar-refractivity contribution in [1.82, 2.24) is 0 Å². The van der Waals surface area contributed by atoms with E-state index in [4.69, 9.17) is 0 Å². The van der Waals surface area contributed by atoms with Crippen molar-refractivity contribution in [3.63, 3.8) is 0 Å². The van der Waals surface area contributed by atoms with Gasteiger partial charge in [0.1, 0.15) is 0 Å². The topological polar surface area (TPSA) is 17.1 Å². The number of carbonyl (C=O) groups excluding carboxylic acids is 1. The minimum atomic E-state index is 0.396. The van der Waals surface area contributed by atoms with Crippen LogP contribution in [0.15, 0.2) is 11.1 Å². The van der Waals surface area contributed by atoms with Crippen LogP contribution in [0.5, 0.6) is 0 Å². The lowest BCUT2D eigenvalue weighted by Crippen LogP contribution is -2.12. The van der Waals surface area contributed by atoms with Gasteiger partial charge in [0.05, 0.1) is 0 Å². The van der Waals surface area contributed by atoms with E-state index in [9.17, 15) is 4.79 Å². The van der Waals surface area contributed by atoms with E-state index < -0.39 is 0 Å². The fourth-order valence-corrected chi connectivity index (χ4v) is 1.64. The Hall–Kier alpha value is -0.590. The third kappa shape index (κ3) is 1.96. The van der Waals surface area contributed by atoms with Gasteiger partial charge in [-0.3, -0.25) is 4.79 Å². The number of carbonyl (C=O) groups is 1. The van der Waals surface area contributed by atoms with Gasteiger partial charge >= 0.3 is 0 Å². The van der Waals surface area contributed by atoms with Gasteiger partial charge in [0, 0.05) is 6.42 Å². The zero-order valence-corrected chi connectivity index (χ0v) is 8.31. The Balaban J connectivity index is 2.83. The Morgan fingerprint density at radius 1 is 1.25 bits per heavy atom. The third-order valence-corrected chi connectivity index (χ3v) is 2.76. The highest BCUT2D eigenvalue weighted by atomic mass is 16.1. The molecule has 0 atom stereocenters. The molecule has 1 fully saturated rings. The smallest absolute Gasteiger partial charge is 0.158 e. The lowest BCUT2D eigenvalue weighted by atomic mass is 9.87. The Morgan fingerprint density at radius 3 is 2.33 bits per heavy atom. The van der Waals surface area contributed by atoms with Crippen molar-refractivity contribution in [2.75, 3.05) is 0 Å². The number of hydrogen-bond donors (Lipinski definition) is 0. The Kier molecular flexibility index (Phi) is 3.07. The van der Waals surface area contributed by atoms with E-state index in [1.165, 1.54) is 12.0 Å². The molecule has 1 rings (SSSR count). The van der Waals surface area contributed by atoms with Gasteiger partial charge in [-0.1, -0.05) is 19.4 Å². The van der Waals surface area contributed by atoms with Crippen molar-refractivity contribution < 1.29 is 4.79 Å². The fraction of sp³-hybridized carbons (Fsp3) is 0.727. The summed E-state index contributed by atoms with van der Waals surface area (Å²) in [5.74, 6) is 0.925. The van der Waals surface area contributed by atoms with E-state index in [0.717, 1.165) is 24.8 Å². The van der Waals surface area contributed by atoms with Crippen molar-refractivity contribution in [2.24, 2.45) is 5.92 Å². The minimum Gasteiger partial charge on any atom is -0.295 e. The summed E-state index contributed by atoms with van der Waals surface area (Å²) >= 11 is 0. The molecule has 0 aromatic rings. The normalized spacial score (nSPS) is 23.2. The second-order valence-electron chi connectivity index (χ2n) is 3.95. The number of Topliss-reactive ketones (excluding diaryl/α,β-unsaturated/α-hetero) is 1. The summed E-state index contributed by atoms with van der Waals surface area (Å²) in [7, 11) is 0. The summed E-state index contributed by atoms with van der Waals surface area (Å²) in [6.07, 6.45) is 4.08. The van der Waals surface area contributed by atoms with Gasteiger partial charge < -0.3 is 0 Å². The van der Waals surface area contributed by atoms with Crippen LogP contribution in [0.3, 0.4) is 0 Å². The van der Waals surface area contributed by atoms with Crippen LogP contribution in [0.25, 0.3) is 0 Å². The average molecular weight is 166 g/mol. The monoisotopic (exact) mass is 166 g/mol. The maximum atomic E-state index is 11.5. The molecule has 0 unspecified atom stereocenters.